The van der Waals surface area contributed by atoms with E-state index in [9.17, 15) is 23.1 Å². The van der Waals surface area contributed by atoms with Crippen LogP contribution in [-0.2, 0) is 14.8 Å². The lowest BCUT2D eigenvalue weighted by molar-refractivity contribution is -0.122. The van der Waals surface area contributed by atoms with Crippen LogP contribution in [0, 0.1) is 13.8 Å². The first-order chi connectivity index (χ1) is 16.0. The highest BCUT2D eigenvalue weighted by Gasteiger charge is 2.23. The number of sulfonamides is 1. The number of carboxylic acid groups (broad SMARTS) is 1. The maximum atomic E-state index is 12.9. The number of carboxylic acids is 1. The highest BCUT2D eigenvalue weighted by Crippen LogP contribution is 2.27. The maximum Gasteiger partial charge on any atom is 0.337 e. The molecule has 0 aromatic heterocycles. The van der Waals surface area contributed by atoms with Gasteiger partial charge in [-0.2, -0.15) is 0 Å². The highest BCUT2D eigenvalue weighted by atomic mass is 32.2. The molecule has 9 nitrogen and oxygen atoms in total. The van der Waals surface area contributed by atoms with Gasteiger partial charge in [-0.25, -0.2) is 13.2 Å². The number of carbonyl (C=O) groups is 2. The molecule has 0 aliphatic carbocycles. The Hall–Kier alpha value is -3.11. The number of anilines is 2. The summed E-state index contributed by atoms with van der Waals surface area (Å²) in [5.41, 5.74) is 2.38. The first-order valence-electron chi connectivity index (χ1n) is 11.2. The summed E-state index contributed by atoms with van der Waals surface area (Å²) in [5, 5.41) is 12.6. The van der Waals surface area contributed by atoms with E-state index in [1.165, 1.54) is 18.2 Å². The van der Waals surface area contributed by atoms with Gasteiger partial charge in [0, 0.05) is 37.9 Å². The zero-order chi connectivity index (χ0) is 25.0. The van der Waals surface area contributed by atoms with Gasteiger partial charge in [-0.15, -0.1) is 0 Å². The van der Waals surface area contributed by atoms with Gasteiger partial charge >= 0.3 is 5.97 Å². The topological polar surface area (TPSA) is 119 Å². The smallest absolute Gasteiger partial charge is 0.337 e. The van der Waals surface area contributed by atoms with Gasteiger partial charge in [-0.3, -0.25) is 14.4 Å². The standard InChI is InChI=1S/C24H32N4O5S/c1-16(2)25-23(29)15-27-9-11-28(12-10-27)19-6-8-22(21(14-19)24(30)31)26-34(32,33)20-7-5-17(3)18(4)13-20/h5-8,13-14,16,26H,9-12,15H2,1-4H3,(H,25,29)(H,30,31). The van der Waals surface area contributed by atoms with Crippen molar-refractivity contribution in [3.63, 3.8) is 0 Å². The summed E-state index contributed by atoms with van der Waals surface area (Å²) < 4.78 is 28.2. The molecule has 0 spiro atoms. The van der Waals surface area contributed by atoms with Crippen molar-refractivity contribution in [3.05, 3.63) is 53.1 Å². The minimum absolute atomic E-state index is 0.0125. The van der Waals surface area contributed by atoms with E-state index in [-0.39, 0.29) is 28.1 Å². The second-order valence-electron chi connectivity index (χ2n) is 8.87. The molecule has 1 fully saturated rings. The van der Waals surface area contributed by atoms with Gasteiger partial charge in [-0.1, -0.05) is 6.07 Å². The quantitative estimate of drug-likeness (QED) is 0.522. The Morgan fingerprint density at radius 1 is 1.00 bits per heavy atom. The summed E-state index contributed by atoms with van der Waals surface area (Å²) in [5.74, 6) is -1.24. The van der Waals surface area contributed by atoms with Gasteiger partial charge in [-0.05, 0) is 69.2 Å². The second-order valence-corrected chi connectivity index (χ2v) is 10.6. The van der Waals surface area contributed by atoms with Gasteiger partial charge in [0.25, 0.3) is 10.0 Å². The summed E-state index contributed by atoms with van der Waals surface area (Å²) in [6.07, 6.45) is 0. The van der Waals surface area contributed by atoms with Crippen molar-refractivity contribution in [3.8, 4) is 0 Å². The molecular weight excluding hydrogens is 456 g/mol. The molecule has 1 amide bonds. The molecule has 34 heavy (non-hydrogen) atoms. The van der Waals surface area contributed by atoms with E-state index in [1.807, 2.05) is 32.6 Å². The van der Waals surface area contributed by atoms with E-state index < -0.39 is 16.0 Å². The summed E-state index contributed by atoms with van der Waals surface area (Å²) in [6, 6.07) is 9.56. The van der Waals surface area contributed by atoms with Crippen molar-refractivity contribution in [2.24, 2.45) is 0 Å². The van der Waals surface area contributed by atoms with Crippen LogP contribution in [0.4, 0.5) is 11.4 Å². The number of nitrogens with zero attached hydrogens (tertiary/aromatic N) is 2. The largest absolute Gasteiger partial charge is 0.478 e. The van der Waals surface area contributed by atoms with Gasteiger partial charge < -0.3 is 15.3 Å². The molecule has 3 rings (SSSR count). The molecular formula is C24H32N4O5S. The van der Waals surface area contributed by atoms with Crippen LogP contribution in [0.5, 0.6) is 0 Å². The van der Waals surface area contributed by atoms with Gasteiger partial charge in [0.15, 0.2) is 0 Å². The number of amides is 1. The normalized spacial score (nSPS) is 14.8. The van der Waals surface area contributed by atoms with Crippen LogP contribution < -0.4 is 14.9 Å². The fourth-order valence-corrected chi connectivity index (χ4v) is 4.98. The molecule has 0 saturated carbocycles. The highest BCUT2D eigenvalue weighted by molar-refractivity contribution is 7.92. The third-order valence-electron chi connectivity index (χ3n) is 5.82. The first-order valence-corrected chi connectivity index (χ1v) is 12.7. The predicted molar refractivity (Wildman–Crippen MR) is 132 cm³/mol. The fraction of sp³-hybridized carbons (Fsp3) is 0.417. The number of benzene rings is 2. The van der Waals surface area contributed by atoms with Gasteiger partial charge in [0.2, 0.25) is 5.91 Å². The monoisotopic (exact) mass is 488 g/mol. The van der Waals surface area contributed by atoms with Gasteiger partial charge in [0.1, 0.15) is 0 Å². The Labute approximate surface area is 200 Å². The average molecular weight is 489 g/mol. The molecule has 10 heteroatoms. The van der Waals surface area contributed by atoms with E-state index in [0.29, 0.717) is 38.4 Å². The third kappa shape index (κ3) is 6.27. The minimum atomic E-state index is -3.95. The molecule has 0 bridgehead atoms. The lowest BCUT2D eigenvalue weighted by Crippen LogP contribution is -2.50. The van der Waals surface area contributed by atoms with Crippen LogP contribution >= 0.6 is 0 Å². The van der Waals surface area contributed by atoms with Crippen molar-refractivity contribution in [2.75, 3.05) is 42.3 Å². The van der Waals surface area contributed by atoms with Crippen LogP contribution in [0.3, 0.4) is 0 Å². The number of rotatable bonds is 8. The van der Waals surface area contributed by atoms with Crippen LogP contribution in [0.25, 0.3) is 0 Å². The number of aromatic carboxylic acids is 1. The Balaban J connectivity index is 1.73. The molecule has 0 unspecified atom stereocenters. The lowest BCUT2D eigenvalue weighted by atomic mass is 10.1. The summed E-state index contributed by atoms with van der Waals surface area (Å²) in [6.45, 7) is 10.4. The zero-order valence-corrected chi connectivity index (χ0v) is 20.8. The Morgan fingerprint density at radius 3 is 2.26 bits per heavy atom. The third-order valence-corrected chi connectivity index (χ3v) is 7.18. The van der Waals surface area contributed by atoms with Crippen molar-refractivity contribution in [1.29, 1.82) is 0 Å². The fourth-order valence-electron chi connectivity index (χ4n) is 3.81. The minimum Gasteiger partial charge on any atom is -0.478 e. The summed E-state index contributed by atoms with van der Waals surface area (Å²) >= 11 is 0. The Morgan fingerprint density at radius 2 is 1.68 bits per heavy atom. The van der Waals surface area contributed by atoms with Crippen molar-refractivity contribution < 1.29 is 23.1 Å². The first kappa shape index (κ1) is 25.5. The van der Waals surface area contributed by atoms with E-state index in [1.54, 1.807) is 18.2 Å². The second kappa shape index (κ2) is 10.4. The summed E-state index contributed by atoms with van der Waals surface area (Å²) in [7, 11) is -3.95. The van der Waals surface area contributed by atoms with Crippen LogP contribution in [-0.4, -0.2) is 69.1 Å². The number of nitrogens with one attached hydrogen (secondary N) is 2. The Bertz CT molecular complexity index is 1170. The van der Waals surface area contributed by atoms with Crippen molar-refractivity contribution in [2.45, 2.75) is 38.6 Å². The number of piperazine rings is 1. The van der Waals surface area contributed by atoms with E-state index >= 15 is 0 Å². The number of hydrogen-bond acceptors (Lipinski definition) is 6. The molecule has 184 valence electrons. The number of carbonyl (C=O) groups excluding carboxylic acids is 1. The van der Waals surface area contributed by atoms with Crippen molar-refractivity contribution >= 4 is 33.3 Å². The van der Waals surface area contributed by atoms with E-state index in [4.69, 9.17) is 0 Å². The molecule has 1 heterocycles. The maximum absolute atomic E-state index is 12.9. The molecule has 0 radical (unpaired) electrons. The molecule has 2 aromatic carbocycles. The lowest BCUT2D eigenvalue weighted by Gasteiger charge is -2.36. The SMILES string of the molecule is Cc1ccc(S(=O)(=O)Nc2ccc(N3CCN(CC(=O)NC(C)C)CC3)cc2C(=O)O)cc1C. The molecule has 1 aliphatic rings. The number of hydrogen-bond donors (Lipinski definition) is 3. The Kier molecular flexibility index (Phi) is 7.83. The van der Waals surface area contributed by atoms with Crippen molar-refractivity contribution in [1.82, 2.24) is 10.2 Å². The number of aryl methyl sites for hydroxylation is 2. The zero-order valence-electron chi connectivity index (χ0n) is 20.0. The predicted octanol–water partition coefficient (Wildman–Crippen LogP) is 2.45. The van der Waals surface area contributed by atoms with Crippen LogP contribution in [0.15, 0.2) is 41.3 Å². The molecule has 1 saturated heterocycles. The van der Waals surface area contributed by atoms with E-state index in [2.05, 4.69) is 14.9 Å². The van der Waals surface area contributed by atoms with Crippen LogP contribution in [0.2, 0.25) is 0 Å². The molecule has 0 atom stereocenters. The molecule has 1 aliphatic heterocycles. The van der Waals surface area contributed by atoms with Gasteiger partial charge in [0.05, 0.1) is 22.7 Å². The molecule has 3 N–H and O–H groups in total. The molecule has 2 aromatic rings. The average Bonchev–Trinajstić information content (AvgIpc) is 2.75. The van der Waals surface area contributed by atoms with E-state index in [0.717, 1.165) is 11.1 Å². The summed E-state index contributed by atoms with van der Waals surface area (Å²) in [4.78, 5) is 28.1. The van der Waals surface area contributed by atoms with Crippen LogP contribution in [0.1, 0.15) is 35.3 Å².